The van der Waals surface area contributed by atoms with Gasteiger partial charge in [0.2, 0.25) is 0 Å². The van der Waals surface area contributed by atoms with Crippen LogP contribution >= 0.6 is 15.9 Å². The van der Waals surface area contributed by atoms with Crippen molar-refractivity contribution < 1.29 is 9.53 Å². The SMILES string of the molecule is Cc1ccc(-c2nn(-c3ccccc3)cc2/C=N\NC(=O)[C@@H](C)Oc2ccccc2Br)cc1. The number of aryl methyl sites for hydroxylation is 1. The summed E-state index contributed by atoms with van der Waals surface area (Å²) in [7, 11) is 0. The van der Waals surface area contributed by atoms with E-state index in [-0.39, 0.29) is 5.91 Å². The summed E-state index contributed by atoms with van der Waals surface area (Å²) in [5.74, 6) is 0.240. The third kappa shape index (κ3) is 5.56. The lowest BCUT2D eigenvalue weighted by Gasteiger charge is -2.13. The smallest absolute Gasteiger partial charge is 0.280 e. The zero-order valence-corrected chi connectivity index (χ0v) is 19.9. The fraction of sp³-hybridized carbons (Fsp3) is 0.115. The van der Waals surface area contributed by atoms with Crippen molar-refractivity contribution in [3.63, 3.8) is 0 Å². The molecule has 1 amide bonds. The van der Waals surface area contributed by atoms with Crippen LogP contribution in [-0.2, 0) is 4.79 Å². The molecule has 0 aliphatic carbocycles. The Morgan fingerprint density at radius 1 is 1.06 bits per heavy atom. The molecule has 0 radical (unpaired) electrons. The lowest BCUT2D eigenvalue weighted by atomic mass is 10.1. The highest BCUT2D eigenvalue weighted by Gasteiger charge is 2.16. The highest BCUT2D eigenvalue weighted by Crippen LogP contribution is 2.25. The van der Waals surface area contributed by atoms with Crippen LogP contribution in [0.2, 0.25) is 0 Å². The van der Waals surface area contributed by atoms with Gasteiger partial charge in [-0.2, -0.15) is 10.2 Å². The Balaban J connectivity index is 1.53. The Morgan fingerprint density at radius 2 is 1.76 bits per heavy atom. The molecule has 0 aliphatic rings. The number of aromatic nitrogens is 2. The average Bonchev–Trinajstić information content (AvgIpc) is 3.25. The molecule has 0 unspecified atom stereocenters. The van der Waals surface area contributed by atoms with Crippen molar-refractivity contribution in [3.8, 4) is 22.7 Å². The van der Waals surface area contributed by atoms with Gasteiger partial charge in [-0.3, -0.25) is 4.79 Å². The van der Waals surface area contributed by atoms with Gasteiger partial charge in [0.25, 0.3) is 5.91 Å². The largest absolute Gasteiger partial charge is 0.480 e. The second-order valence-corrected chi connectivity index (χ2v) is 8.36. The van der Waals surface area contributed by atoms with Crippen LogP contribution in [-0.4, -0.2) is 28.0 Å². The molecule has 0 bridgehead atoms. The standard InChI is InChI=1S/C26H23BrN4O2/c1-18-12-14-20(15-13-18)25-21(17-31(30-25)22-8-4-3-5-9-22)16-28-29-26(32)19(2)33-24-11-7-6-10-23(24)27/h3-17,19H,1-2H3,(H,29,32)/b28-16-/t19-/m1/s1. The van der Waals surface area contributed by atoms with Crippen LogP contribution in [0.25, 0.3) is 16.9 Å². The molecule has 0 saturated heterocycles. The fourth-order valence-electron chi connectivity index (χ4n) is 3.17. The number of halogens is 1. The maximum atomic E-state index is 12.5. The summed E-state index contributed by atoms with van der Waals surface area (Å²) in [6, 6.07) is 25.4. The molecular weight excluding hydrogens is 480 g/mol. The number of benzene rings is 3. The molecule has 0 saturated carbocycles. The molecule has 166 valence electrons. The van der Waals surface area contributed by atoms with Crippen molar-refractivity contribution in [1.29, 1.82) is 0 Å². The van der Waals surface area contributed by atoms with Gasteiger partial charge in [0, 0.05) is 17.3 Å². The first kappa shape index (κ1) is 22.5. The highest BCUT2D eigenvalue weighted by atomic mass is 79.9. The average molecular weight is 503 g/mol. The van der Waals surface area contributed by atoms with Gasteiger partial charge >= 0.3 is 0 Å². The van der Waals surface area contributed by atoms with Crippen LogP contribution in [0.5, 0.6) is 5.75 Å². The topological polar surface area (TPSA) is 68.5 Å². The molecule has 1 heterocycles. The number of ether oxygens (including phenoxy) is 1. The predicted octanol–water partition coefficient (Wildman–Crippen LogP) is 5.53. The summed E-state index contributed by atoms with van der Waals surface area (Å²) in [5.41, 5.74) is 7.18. The lowest BCUT2D eigenvalue weighted by Crippen LogP contribution is -2.33. The Bertz CT molecular complexity index is 1270. The third-order valence-electron chi connectivity index (χ3n) is 4.98. The number of hydrazone groups is 1. The first-order chi connectivity index (χ1) is 16.0. The quantitative estimate of drug-likeness (QED) is 0.267. The molecular formula is C26H23BrN4O2. The number of carbonyl (C=O) groups is 1. The Labute approximate surface area is 201 Å². The molecule has 0 spiro atoms. The minimum Gasteiger partial charge on any atom is -0.480 e. The van der Waals surface area contributed by atoms with Crippen LogP contribution in [0.3, 0.4) is 0 Å². The van der Waals surface area contributed by atoms with Gasteiger partial charge in [-0.1, -0.05) is 60.2 Å². The van der Waals surface area contributed by atoms with Crippen molar-refractivity contribution in [1.82, 2.24) is 15.2 Å². The van der Waals surface area contributed by atoms with Crippen molar-refractivity contribution in [2.75, 3.05) is 0 Å². The van der Waals surface area contributed by atoms with Crippen LogP contribution in [0.15, 0.2) is 94.6 Å². The molecule has 1 aromatic heterocycles. The number of nitrogens with one attached hydrogen (secondary N) is 1. The number of hydrogen-bond acceptors (Lipinski definition) is 4. The van der Waals surface area contributed by atoms with Gasteiger partial charge < -0.3 is 4.74 Å². The Kier molecular flexibility index (Phi) is 7.00. The van der Waals surface area contributed by atoms with E-state index in [0.29, 0.717) is 5.75 Å². The first-order valence-electron chi connectivity index (χ1n) is 10.5. The zero-order valence-electron chi connectivity index (χ0n) is 18.3. The molecule has 33 heavy (non-hydrogen) atoms. The van der Waals surface area contributed by atoms with E-state index in [2.05, 4.69) is 26.5 Å². The number of nitrogens with zero attached hydrogens (tertiary/aromatic N) is 3. The maximum absolute atomic E-state index is 12.5. The van der Waals surface area contributed by atoms with Crippen molar-refractivity contribution in [3.05, 3.63) is 101 Å². The summed E-state index contributed by atoms with van der Waals surface area (Å²) in [6.07, 6.45) is 2.77. The first-order valence-corrected chi connectivity index (χ1v) is 11.3. The summed E-state index contributed by atoms with van der Waals surface area (Å²) < 4.78 is 8.31. The van der Waals surface area contributed by atoms with E-state index in [0.717, 1.165) is 27.0 Å². The van der Waals surface area contributed by atoms with E-state index in [1.54, 1.807) is 23.9 Å². The highest BCUT2D eigenvalue weighted by molar-refractivity contribution is 9.10. The number of amides is 1. The van der Waals surface area contributed by atoms with Crippen LogP contribution < -0.4 is 10.2 Å². The number of para-hydroxylation sites is 2. The van der Waals surface area contributed by atoms with Gasteiger partial charge in [0.05, 0.1) is 16.4 Å². The van der Waals surface area contributed by atoms with E-state index < -0.39 is 6.10 Å². The van der Waals surface area contributed by atoms with E-state index in [1.165, 1.54) is 5.56 Å². The van der Waals surface area contributed by atoms with Crippen molar-refractivity contribution in [2.45, 2.75) is 20.0 Å². The molecule has 1 N–H and O–H groups in total. The zero-order chi connectivity index (χ0) is 23.2. The minimum absolute atomic E-state index is 0.352. The molecule has 0 fully saturated rings. The summed E-state index contributed by atoms with van der Waals surface area (Å²) in [5, 5.41) is 8.93. The molecule has 7 heteroatoms. The lowest BCUT2D eigenvalue weighted by molar-refractivity contribution is -0.127. The van der Waals surface area contributed by atoms with Gasteiger partial charge in [-0.25, -0.2) is 10.1 Å². The Hall–Kier alpha value is -3.71. The third-order valence-corrected chi connectivity index (χ3v) is 5.63. The molecule has 0 aliphatic heterocycles. The normalized spacial score (nSPS) is 12.0. The van der Waals surface area contributed by atoms with E-state index in [4.69, 9.17) is 9.84 Å². The van der Waals surface area contributed by atoms with Gasteiger partial charge in [-0.15, -0.1) is 0 Å². The van der Waals surface area contributed by atoms with E-state index >= 15 is 0 Å². The predicted molar refractivity (Wildman–Crippen MR) is 134 cm³/mol. The molecule has 6 nitrogen and oxygen atoms in total. The van der Waals surface area contributed by atoms with Gasteiger partial charge in [0.15, 0.2) is 6.10 Å². The molecule has 4 rings (SSSR count). The second kappa shape index (κ2) is 10.3. The molecule has 4 aromatic rings. The molecule has 1 atom stereocenters. The van der Waals surface area contributed by atoms with Crippen LogP contribution in [0.4, 0.5) is 0 Å². The van der Waals surface area contributed by atoms with Crippen molar-refractivity contribution >= 4 is 28.1 Å². The summed E-state index contributed by atoms with van der Waals surface area (Å²) in [6.45, 7) is 3.72. The van der Waals surface area contributed by atoms with E-state index in [9.17, 15) is 4.79 Å². The summed E-state index contributed by atoms with van der Waals surface area (Å²) in [4.78, 5) is 12.5. The van der Waals surface area contributed by atoms with E-state index in [1.807, 2.05) is 85.9 Å². The van der Waals surface area contributed by atoms with Crippen LogP contribution in [0.1, 0.15) is 18.1 Å². The summed E-state index contributed by atoms with van der Waals surface area (Å²) >= 11 is 3.42. The fourth-order valence-corrected chi connectivity index (χ4v) is 3.55. The molecule has 3 aromatic carbocycles. The monoisotopic (exact) mass is 502 g/mol. The van der Waals surface area contributed by atoms with Gasteiger partial charge in [0.1, 0.15) is 11.4 Å². The second-order valence-electron chi connectivity index (χ2n) is 7.50. The number of rotatable bonds is 7. The number of carbonyl (C=O) groups excluding carboxylic acids is 1. The minimum atomic E-state index is -0.718. The van der Waals surface area contributed by atoms with Crippen LogP contribution in [0, 0.1) is 6.92 Å². The van der Waals surface area contributed by atoms with Crippen molar-refractivity contribution in [2.24, 2.45) is 5.10 Å². The maximum Gasteiger partial charge on any atom is 0.280 e. The van der Waals surface area contributed by atoms with Gasteiger partial charge in [-0.05, 0) is 54.0 Å². The number of hydrogen-bond donors (Lipinski definition) is 1. The Morgan fingerprint density at radius 3 is 2.48 bits per heavy atom.